The average molecular weight is 402 g/mol. The van der Waals surface area contributed by atoms with E-state index >= 15 is 0 Å². The van der Waals surface area contributed by atoms with Gasteiger partial charge in [0.05, 0.1) is 22.6 Å². The van der Waals surface area contributed by atoms with Crippen LogP contribution < -0.4 is 10.6 Å². The first-order valence-electron chi connectivity index (χ1n) is 8.65. The van der Waals surface area contributed by atoms with Crippen LogP contribution in [0.1, 0.15) is 13.3 Å². The summed E-state index contributed by atoms with van der Waals surface area (Å²) in [5.41, 5.74) is 1.74. The molecular formula is C21H18ClF2N3O. The summed E-state index contributed by atoms with van der Waals surface area (Å²) in [5, 5.41) is 5.90. The number of nitrogens with one attached hydrogen (secondary N) is 2. The summed E-state index contributed by atoms with van der Waals surface area (Å²) in [7, 11) is 0. The molecule has 2 N–H and O–H groups in total. The number of carbonyl (C=O) groups excluding carboxylic acids is 1. The molecule has 1 aliphatic rings. The van der Waals surface area contributed by atoms with Gasteiger partial charge in [-0.15, -0.1) is 0 Å². The van der Waals surface area contributed by atoms with Crippen LogP contribution in [0, 0.1) is 11.7 Å². The van der Waals surface area contributed by atoms with E-state index in [4.69, 9.17) is 11.6 Å². The van der Waals surface area contributed by atoms with Crippen molar-refractivity contribution in [3.8, 4) is 0 Å². The Morgan fingerprint density at radius 1 is 1.18 bits per heavy atom. The predicted molar refractivity (Wildman–Crippen MR) is 108 cm³/mol. The van der Waals surface area contributed by atoms with Crippen LogP contribution >= 0.6 is 11.6 Å². The summed E-state index contributed by atoms with van der Waals surface area (Å²) in [6.45, 7) is 1.82. The van der Waals surface area contributed by atoms with E-state index in [1.165, 1.54) is 24.5 Å². The third kappa shape index (κ3) is 4.84. The van der Waals surface area contributed by atoms with Gasteiger partial charge >= 0.3 is 0 Å². The summed E-state index contributed by atoms with van der Waals surface area (Å²) < 4.78 is 27.3. The maximum Gasteiger partial charge on any atom is 0.255 e. The first-order chi connectivity index (χ1) is 13.4. The fraction of sp³-hybridized carbons (Fsp3) is 0.143. The normalized spacial score (nSPS) is 16.9. The van der Waals surface area contributed by atoms with Crippen molar-refractivity contribution in [2.45, 2.75) is 13.3 Å². The van der Waals surface area contributed by atoms with Crippen LogP contribution in [0.3, 0.4) is 0 Å². The number of aromatic nitrogens is 1. The molecule has 1 aromatic heterocycles. The second-order valence-corrected chi connectivity index (χ2v) is 6.75. The number of halogens is 3. The highest BCUT2D eigenvalue weighted by atomic mass is 35.5. The molecule has 0 radical (unpaired) electrons. The van der Waals surface area contributed by atoms with Crippen LogP contribution in [0.25, 0.3) is 0 Å². The minimum absolute atomic E-state index is 0.0947. The lowest BCUT2D eigenvalue weighted by atomic mass is 10.0. The fourth-order valence-electron chi connectivity index (χ4n) is 2.62. The second-order valence-electron chi connectivity index (χ2n) is 6.34. The molecule has 1 unspecified atom stereocenters. The largest absolute Gasteiger partial charge is 0.353 e. The highest BCUT2D eigenvalue weighted by molar-refractivity contribution is 6.30. The zero-order chi connectivity index (χ0) is 20.1. The zero-order valence-corrected chi connectivity index (χ0v) is 15.8. The maximum absolute atomic E-state index is 14.2. The van der Waals surface area contributed by atoms with Gasteiger partial charge in [-0.3, -0.25) is 9.78 Å². The molecule has 2 aromatic rings. The number of amides is 1. The van der Waals surface area contributed by atoms with Crippen LogP contribution in [-0.4, -0.2) is 10.9 Å². The minimum atomic E-state index is -0.622. The third-order valence-electron chi connectivity index (χ3n) is 4.18. The molecule has 1 atom stereocenters. The van der Waals surface area contributed by atoms with Gasteiger partial charge < -0.3 is 10.6 Å². The predicted octanol–water partition coefficient (Wildman–Crippen LogP) is 5.85. The number of hydrogen-bond acceptors (Lipinski definition) is 3. The van der Waals surface area contributed by atoms with E-state index in [9.17, 15) is 13.6 Å². The van der Waals surface area contributed by atoms with E-state index < -0.39 is 11.7 Å². The number of benzene rings is 1. The molecule has 0 spiro atoms. The van der Waals surface area contributed by atoms with Crippen LogP contribution in [-0.2, 0) is 4.79 Å². The Balaban J connectivity index is 1.83. The molecule has 1 aromatic carbocycles. The SMILES string of the molecule is CC1CC=CC(C(=O)Nc2ccncc2Nc2ccc(F)cc2)=CC(F)=C1Cl. The summed E-state index contributed by atoms with van der Waals surface area (Å²) in [5.74, 6) is -1.61. The lowest BCUT2D eigenvalue weighted by Gasteiger charge is -2.14. The quantitative estimate of drug-likeness (QED) is 0.676. The minimum Gasteiger partial charge on any atom is -0.353 e. The molecule has 28 heavy (non-hydrogen) atoms. The molecular weight excluding hydrogens is 384 g/mol. The number of anilines is 3. The van der Waals surface area contributed by atoms with Gasteiger partial charge in [-0.25, -0.2) is 8.78 Å². The van der Waals surface area contributed by atoms with Gasteiger partial charge in [0, 0.05) is 17.5 Å². The van der Waals surface area contributed by atoms with Crippen molar-refractivity contribution in [1.82, 2.24) is 4.98 Å². The van der Waals surface area contributed by atoms with E-state index in [0.717, 1.165) is 6.08 Å². The summed E-state index contributed by atoms with van der Waals surface area (Å²) >= 11 is 6.00. The van der Waals surface area contributed by atoms with Crippen LogP contribution in [0.5, 0.6) is 0 Å². The van der Waals surface area contributed by atoms with E-state index in [1.54, 1.807) is 30.4 Å². The van der Waals surface area contributed by atoms with Crippen molar-refractivity contribution < 1.29 is 13.6 Å². The van der Waals surface area contributed by atoms with Crippen molar-refractivity contribution in [2.75, 3.05) is 10.6 Å². The fourth-order valence-corrected chi connectivity index (χ4v) is 2.76. The molecule has 0 aliphatic heterocycles. The van der Waals surface area contributed by atoms with Crippen molar-refractivity contribution in [1.29, 1.82) is 0 Å². The zero-order valence-electron chi connectivity index (χ0n) is 15.0. The molecule has 0 saturated carbocycles. The van der Waals surface area contributed by atoms with Gasteiger partial charge in [0.2, 0.25) is 0 Å². The van der Waals surface area contributed by atoms with Gasteiger partial charge in [0.25, 0.3) is 5.91 Å². The monoisotopic (exact) mass is 401 g/mol. The van der Waals surface area contributed by atoms with Crippen molar-refractivity contribution in [3.63, 3.8) is 0 Å². The van der Waals surface area contributed by atoms with Gasteiger partial charge in [-0.05, 0) is 48.7 Å². The molecule has 1 amide bonds. The molecule has 1 aliphatic carbocycles. The maximum atomic E-state index is 14.2. The molecule has 1 heterocycles. The van der Waals surface area contributed by atoms with Crippen LogP contribution in [0.15, 0.2) is 77.4 Å². The van der Waals surface area contributed by atoms with Gasteiger partial charge in [0.15, 0.2) is 0 Å². The summed E-state index contributed by atoms with van der Waals surface area (Å²) in [6.07, 6.45) is 8.06. The Bertz CT molecular complexity index is 968. The number of nitrogens with zero attached hydrogens (tertiary/aromatic N) is 1. The first-order valence-corrected chi connectivity index (χ1v) is 9.03. The molecule has 144 valence electrons. The lowest BCUT2D eigenvalue weighted by Crippen LogP contribution is -2.15. The average Bonchev–Trinajstić information content (AvgIpc) is 2.68. The van der Waals surface area contributed by atoms with E-state index in [2.05, 4.69) is 15.6 Å². The van der Waals surface area contributed by atoms with Crippen molar-refractivity contribution in [2.24, 2.45) is 5.92 Å². The molecule has 4 nitrogen and oxygen atoms in total. The Kier molecular flexibility index (Phi) is 6.21. The topological polar surface area (TPSA) is 54.0 Å². The highest BCUT2D eigenvalue weighted by Gasteiger charge is 2.17. The lowest BCUT2D eigenvalue weighted by molar-refractivity contribution is -0.112. The Hall–Kier alpha value is -2.99. The molecule has 0 saturated heterocycles. The smallest absolute Gasteiger partial charge is 0.255 e. The second kappa shape index (κ2) is 8.80. The van der Waals surface area contributed by atoms with Gasteiger partial charge in [-0.2, -0.15) is 0 Å². The van der Waals surface area contributed by atoms with Crippen LogP contribution in [0.2, 0.25) is 0 Å². The third-order valence-corrected chi connectivity index (χ3v) is 4.74. The van der Waals surface area contributed by atoms with E-state index in [-0.39, 0.29) is 22.3 Å². The van der Waals surface area contributed by atoms with Crippen molar-refractivity contribution in [3.05, 3.63) is 83.2 Å². The summed E-state index contributed by atoms with van der Waals surface area (Å²) in [6, 6.07) is 7.38. The van der Waals surface area contributed by atoms with E-state index in [1.807, 2.05) is 6.92 Å². The first kappa shape index (κ1) is 19.8. The van der Waals surface area contributed by atoms with Crippen LogP contribution in [0.4, 0.5) is 25.8 Å². The molecule has 3 rings (SSSR count). The Labute approximate surface area is 166 Å². The highest BCUT2D eigenvalue weighted by Crippen LogP contribution is 2.29. The number of pyridine rings is 1. The molecule has 0 bridgehead atoms. The number of rotatable bonds is 4. The number of hydrogen-bond donors (Lipinski definition) is 2. The Morgan fingerprint density at radius 2 is 1.93 bits per heavy atom. The standard InChI is InChI=1S/C21H18ClF2N3O/c1-13-3-2-4-14(11-17(24)20(13)22)21(28)27-18-9-10-25-12-19(18)26-16-7-5-15(23)6-8-16/h2,4-13,26H,3H2,1H3,(H,25,27,28). The number of carbonyl (C=O) groups is 1. The molecule has 0 fully saturated rings. The van der Waals surface area contributed by atoms with Gasteiger partial charge in [0.1, 0.15) is 11.6 Å². The van der Waals surface area contributed by atoms with Crippen molar-refractivity contribution >= 4 is 34.6 Å². The molecule has 7 heteroatoms. The van der Waals surface area contributed by atoms with Gasteiger partial charge in [-0.1, -0.05) is 30.7 Å². The Morgan fingerprint density at radius 3 is 2.68 bits per heavy atom. The van der Waals surface area contributed by atoms with E-state index in [0.29, 0.717) is 23.5 Å². The summed E-state index contributed by atoms with van der Waals surface area (Å²) in [4.78, 5) is 16.7. The number of allylic oxidation sites excluding steroid dienone is 4.